The molecule has 0 aliphatic carbocycles. The van der Waals surface area contributed by atoms with Crippen molar-refractivity contribution >= 4 is 0 Å². The Bertz CT molecular complexity index is 282. The second-order valence-corrected chi connectivity index (χ2v) is 6.08. The predicted molar refractivity (Wildman–Crippen MR) is 103 cm³/mol. The van der Waals surface area contributed by atoms with Crippen LogP contribution in [-0.4, -0.2) is 0 Å². The van der Waals surface area contributed by atoms with Gasteiger partial charge in [-0.2, -0.15) is 0 Å². The van der Waals surface area contributed by atoms with E-state index in [1.807, 2.05) is 12.2 Å². The van der Waals surface area contributed by atoms with Crippen LogP contribution in [0.3, 0.4) is 0 Å². The Balaban J connectivity index is 3.09. The zero-order chi connectivity index (χ0) is 16.1. The van der Waals surface area contributed by atoms with E-state index < -0.39 is 0 Å². The zero-order valence-electron chi connectivity index (χ0n) is 14.8. The maximum absolute atomic E-state index is 3.74. The molecule has 0 spiro atoms. The first kappa shape index (κ1) is 21.0. The Morgan fingerprint density at radius 1 is 0.364 bits per heavy atom. The van der Waals surface area contributed by atoms with Crippen molar-refractivity contribution in [2.75, 3.05) is 0 Å². The number of hydrogen-bond donors (Lipinski definition) is 0. The van der Waals surface area contributed by atoms with Crippen LogP contribution in [0.15, 0.2) is 49.6 Å². The molecular weight excluding hydrogens is 264 g/mol. The number of rotatable bonds is 17. The molecule has 0 N–H and O–H groups in total. The summed E-state index contributed by atoms with van der Waals surface area (Å²) in [5, 5.41) is 0. The van der Waals surface area contributed by atoms with Crippen molar-refractivity contribution in [3.8, 4) is 0 Å². The Morgan fingerprint density at radius 2 is 0.773 bits per heavy atom. The second kappa shape index (κ2) is 20.0. The molecule has 0 saturated heterocycles. The topological polar surface area (TPSA) is 0 Å². The Hall–Kier alpha value is -1.04. The summed E-state index contributed by atoms with van der Waals surface area (Å²) in [6.07, 6.45) is 31.5. The van der Waals surface area contributed by atoms with Gasteiger partial charge in [-0.15, -0.1) is 13.2 Å². The SMILES string of the molecule is C=CCCC=CCCCCCCCCCC=CCCCC=C. The molecule has 0 aromatic carbocycles. The van der Waals surface area contributed by atoms with Crippen molar-refractivity contribution in [1.29, 1.82) is 0 Å². The quantitative estimate of drug-likeness (QED) is 0.189. The first-order chi connectivity index (χ1) is 10.9. The third-order valence-corrected chi connectivity index (χ3v) is 3.89. The van der Waals surface area contributed by atoms with Gasteiger partial charge in [0, 0.05) is 0 Å². The van der Waals surface area contributed by atoms with Crippen molar-refractivity contribution in [3.05, 3.63) is 49.6 Å². The van der Waals surface area contributed by atoms with Gasteiger partial charge in [-0.05, 0) is 57.8 Å². The van der Waals surface area contributed by atoms with Gasteiger partial charge in [-0.1, -0.05) is 68.6 Å². The van der Waals surface area contributed by atoms with Crippen LogP contribution in [0, 0.1) is 0 Å². The van der Waals surface area contributed by atoms with Gasteiger partial charge in [0.05, 0.1) is 0 Å². The maximum atomic E-state index is 3.74. The van der Waals surface area contributed by atoms with Crippen LogP contribution in [0.25, 0.3) is 0 Å². The van der Waals surface area contributed by atoms with Gasteiger partial charge < -0.3 is 0 Å². The molecular formula is C22H38. The van der Waals surface area contributed by atoms with Gasteiger partial charge in [-0.3, -0.25) is 0 Å². The summed E-state index contributed by atoms with van der Waals surface area (Å²) in [5.41, 5.74) is 0. The average molecular weight is 303 g/mol. The molecule has 0 fully saturated rings. The molecule has 0 rings (SSSR count). The Kier molecular flexibility index (Phi) is 19.0. The van der Waals surface area contributed by atoms with E-state index in [0.29, 0.717) is 0 Å². The molecule has 0 bridgehead atoms. The fourth-order valence-corrected chi connectivity index (χ4v) is 2.47. The van der Waals surface area contributed by atoms with Crippen molar-refractivity contribution in [3.63, 3.8) is 0 Å². The molecule has 0 aromatic heterocycles. The molecule has 0 aliphatic rings. The first-order valence-electron chi connectivity index (χ1n) is 9.43. The lowest BCUT2D eigenvalue weighted by Gasteiger charge is -2.00. The van der Waals surface area contributed by atoms with Crippen LogP contribution in [0.5, 0.6) is 0 Å². The summed E-state index contributed by atoms with van der Waals surface area (Å²) >= 11 is 0. The highest BCUT2D eigenvalue weighted by atomic mass is 14.0. The van der Waals surface area contributed by atoms with E-state index in [9.17, 15) is 0 Å². The molecule has 126 valence electrons. The van der Waals surface area contributed by atoms with E-state index in [1.54, 1.807) is 0 Å². The molecule has 0 amide bonds. The Labute approximate surface area is 140 Å². The molecule has 0 radical (unpaired) electrons. The van der Waals surface area contributed by atoms with E-state index in [2.05, 4.69) is 37.5 Å². The molecule has 0 heterocycles. The van der Waals surface area contributed by atoms with Crippen LogP contribution in [-0.2, 0) is 0 Å². The molecule has 0 atom stereocenters. The molecule has 22 heavy (non-hydrogen) atoms. The second-order valence-electron chi connectivity index (χ2n) is 6.08. The Morgan fingerprint density at radius 3 is 1.27 bits per heavy atom. The summed E-state index contributed by atoms with van der Waals surface area (Å²) in [6, 6.07) is 0. The highest BCUT2D eigenvalue weighted by Gasteiger charge is 1.91. The normalized spacial score (nSPS) is 11.5. The number of allylic oxidation sites excluding steroid dienone is 6. The van der Waals surface area contributed by atoms with Crippen molar-refractivity contribution in [2.45, 2.75) is 89.9 Å². The third kappa shape index (κ3) is 19.0. The highest BCUT2D eigenvalue weighted by molar-refractivity contribution is 4.84. The molecule has 0 nitrogen and oxygen atoms in total. The standard InChI is InChI=1S/C22H38/c1-3-5-7-9-11-13-15-17-19-21-22-20-18-16-14-12-10-8-6-4-2/h3-4,9,11-12,14H,1-2,5-8,10,13,15-22H2. The fraction of sp³-hybridized carbons (Fsp3) is 0.636. The highest BCUT2D eigenvalue weighted by Crippen LogP contribution is 2.10. The minimum atomic E-state index is 1.11. The lowest BCUT2D eigenvalue weighted by molar-refractivity contribution is 0.583. The smallest absolute Gasteiger partial charge is 0.0316 e. The van der Waals surface area contributed by atoms with Crippen LogP contribution in [0.1, 0.15) is 89.9 Å². The third-order valence-electron chi connectivity index (χ3n) is 3.89. The van der Waals surface area contributed by atoms with Gasteiger partial charge in [0.25, 0.3) is 0 Å². The minimum Gasteiger partial charge on any atom is -0.103 e. The van der Waals surface area contributed by atoms with E-state index in [1.165, 1.54) is 70.6 Å². The summed E-state index contributed by atoms with van der Waals surface area (Å²) in [7, 11) is 0. The maximum Gasteiger partial charge on any atom is -0.0316 e. The van der Waals surface area contributed by atoms with E-state index >= 15 is 0 Å². The molecule has 0 saturated carbocycles. The molecule has 0 unspecified atom stereocenters. The predicted octanol–water partition coefficient (Wildman–Crippen LogP) is 7.93. The summed E-state index contributed by atoms with van der Waals surface area (Å²) < 4.78 is 0. The van der Waals surface area contributed by atoms with Crippen molar-refractivity contribution in [1.82, 2.24) is 0 Å². The molecule has 0 aliphatic heterocycles. The minimum absolute atomic E-state index is 1.11. The lowest BCUT2D eigenvalue weighted by atomic mass is 10.1. The molecule has 0 heteroatoms. The van der Waals surface area contributed by atoms with Crippen molar-refractivity contribution in [2.24, 2.45) is 0 Å². The number of hydrogen-bond acceptors (Lipinski definition) is 0. The number of unbranched alkanes of at least 4 members (excludes halogenated alkanes) is 11. The van der Waals surface area contributed by atoms with Gasteiger partial charge >= 0.3 is 0 Å². The van der Waals surface area contributed by atoms with E-state index in [4.69, 9.17) is 0 Å². The summed E-state index contributed by atoms with van der Waals surface area (Å²) in [6.45, 7) is 7.48. The van der Waals surface area contributed by atoms with Crippen LogP contribution in [0.2, 0.25) is 0 Å². The summed E-state index contributed by atoms with van der Waals surface area (Å²) in [4.78, 5) is 0. The van der Waals surface area contributed by atoms with Gasteiger partial charge in [0.15, 0.2) is 0 Å². The van der Waals surface area contributed by atoms with Gasteiger partial charge in [0.2, 0.25) is 0 Å². The first-order valence-corrected chi connectivity index (χ1v) is 9.43. The van der Waals surface area contributed by atoms with Crippen LogP contribution in [0.4, 0.5) is 0 Å². The average Bonchev–Trinajstić information content (AvgIpc) is 2.54. The molecule has 0 aromatic rings. The largest absolute Gasteiger partial charge is 0.103 e. The van der Waals surface area contributed by atoms with Gasteiger partial charge in [0.1, 0.15) is 0 Å². The summed E-state index contributed by atoms with van der Waals surface area (Å²) in [5.74, 6) is 0. The van der Waals surface area contributed by atoms with Gasteiger partial charge in [-0.25, -0.2) is 0 Å². The van der Waals surface area contributed by atoms with Crippen LogP contribution < -0.4 is 0 Å². The lowest BCUT2D eigenvalue weighted by Crippen LogP contribution is -1.80. The van der Waals surface area contributed by atoms with E-state index in [0.717, 1.165) is 19.3 Å². The fourth-order valence-electron chi connectivity index (χ4n) is 2.47. The van der Waals surface area contributed by atoms with Crippen molar-refractivity contribution < 1.29 is 0 Å². The monoisotopic (exact) mass is 302 g/mol. The van der Waals surface area contributed by atoms with Crippen LogP contribution >= 0.6 is 0 Å². The zero-order valence-corrected chi connectivity index (χ0v) is 14.8. The van der Waals surface area contributed by atoms with E-state index in [-0.39, 0.29) is 0 Å².